The average Bonchev–Trinajstić information content (AvgIpc) is 2.80. The van der Waals surface area contributed by atoms with Crippen LogP contribution in [0.1, 0.15) is 16.8 Å². The van der Waals surface area contributed by atoms with Gasteiger partial charge in [-0.2, -0.15) is 0 Å². The Balaban J connectivity index is 2.30. The number of hydrogen-bond acceptors (Lipinski definition) is 3. The quantitative estimate of drug-likeness (QED) is 0.876. The Hall–Kier alpha value is -1.19. The molecule has 0 spiro atoms. The minimum absolute atomic E-state index is 0.991. The zero-order chi connectivity index (χ0) is 12.1. The van der Waals surface area contributed by atoms with Crippen LogP contribution in [0.25, 0.3) is 11.3 Å². The Morgan fingerprint density at radius 2 is 2.00 bits per heavy atom. The van der Waals surface area contributed by atoms with Gasteiger partial charge in [0.25, 0.3) is 0 Å². The third-order valence-corrected chi connectivity index (χ3v) is 3.96. The molecule has 2 nitrogen and oxygen atoms in total. The molecule has 2 rings (SSSR count). The second-order valence-electron chi connectivity index (χ2n) is 3.95. The van der Waals surface area contributed by atoms with Crippen molar-refractivity contribution in [2.45, 2.75) is 19.8 Å². The molecule has 0 bridgehead atoms. The van der Waals surface area contributed by atoms with Gasteiger partial charge < -0.3 is 5.32 Å². The number of nitrogens with zero attached hydrogens (tertiary/aromatic N) is 1. The lowest BCUT2D eigenvalue weighted by atomic mass is 10.1. The number of aromatic nitrogens is 1. The number of thiazole rings is 1. The molecule has 17 heavy (non-hydrogen) atoms. The lowest BCUT2D eigenvalue weighted by molar-refractivity contribution is 0.788. The minimum atomic E-state index is 0.991. The molecule has 3 heteroatoms. The summed E-state index contributed by atoms with van der Waals surface area (Å²) in [6, 6.07) is 10.5. The number of rotatable bonds is 5. The first-order chi connectivity index (χ1) is 8.35. The van der Waals surface area contributed by atoms with E-state index in [1.165, 1.54) is 21.1 Å². The summed E-state index contributed by atoms with van der Waals surface area (Å²) < 4.78 is 0. The maximum atomic E-state index is 4.77. The first-order valence-corrected chi connectivity index (χ1v) is 6.85. The van der Waals surface area contributed by atoms with Gasteiger partial charge >= 0.3 is 0 Å². The molecule has 2 aromatic rings. The molecule has 0 amide bonds. The normalized spacial score (nSPS) is 10.7. The second-order valence-corrected chi connectivity index (χ2v) is 5.12. The lowest BCUT2D eigenvalue weighted by Gasteiger charge is -1.98. The van der Waals surface area contributed by atoms with Crippen LogP contribution in [0.15, 0.2) is 30.3 Å². The molecule has 0 fully saturated rings. The Labute approximate surface area is 107 Å². The van der Waals surface area contributed by atoms with Gasteiger partial charge in [-0.05, 0) is 13.5 Å². The van der Waals surface area contributed by atoms with Gasteiger partial charge in [-0.15, -0.1) is 11.3 Å². The van der Waals surface area contributed by atoms with Gasteiger partial charge in [-0.1, -0.05) is 37.3 Å². The van der Waals surface area contributed by atoms with Crippen molar-refractivity contribution in [3.8, 4) is 11.3 Å². The molecular weight excluding hydrogens is 228 g/mol. The van der Waals surface area contributed by atoms with Crippen LogP contribution in [-0.2, 0) is 12.8 Å². The predicted octanol–water partition coefficient (Wildman–Crippen LogP) is 3.13. The predicted molar refractivity (Wildman–Crippen MR) is 74.6 cm³/mol. The summed E-state index contributed by atoms with van der Waals surface area (Å²) in [5.41, 5.74) is 2.40. The van der Waals surface area contributed by atoms with Crippen molar-refractivity contribution in [3.63, 3.8) is 0 Å². The van der Waals surface area contributed by atoms with Crippen molar-refractivity contribution < 1.29 is 0 Å². The van der Waals surface area contributed by atoms with E-state index in [1.807, 2.05) is 24.5 Å². The molecule has 0 aliphatic rings. The molecule has 0 saturated carbocycles. The van der Waals surface area contributed by atoms with Gasteiger partial charge in [0.15, 0.2) is 0 Å². The van der Waals surface area contributed by atoms with Crippen LogP contribution in [0.2, 0.25) is 0 Å². The smallest absolute Gasteiger partial charge is 0.0948 e. The highest BCUT2D eigenvalue weighted by atomic mass is 32.1. The number of aryl methyl sites for hydroxylation is 1. The fraction of sp³-hybridized carbons (Fsp3) is 0.357. The van der Waals surface area contributed by atoms with Gasteiger partial charge in [0.2, 0.25) is 0 Å². The molecule has 1 N–H and O–H groups in total. The molecule has 0 aliphatic carbocycles. The second kappa shape index (κ2) is 5.94. The van der Waals surface area contributed by atoms with Gasteiger partial charge in [-0.3, -0.25) is 0 Å². The molecule has 1 heterocycles. The molecule has 0 radical (unpaired) electrons. The fourth-order valence-corrected chi connectivity index (χ4v) is 2.83. The Morgan fingerprint density at radius 3 is 2.65 bits per heavy atom. The summed E-state index contributed by atoms with van der Waals surface area (Å²) >= 11 is 1.84. The molecule has 0 unspecified atom stereocenters. The minimum Gasteiger partial charge on any atom is -0.319 e. The van der Waals surface area contributed by atoms with Crippen LogP contribution in [0.4, 0.5) is 0 Å². The van der Waals surface area contributed by atoms with E-state index in [4.69, 9.17) is 4.98 Å². The first kappa shape index (κ1) is 12.3. The molecular formula is C14H18N2S. The van der Waals surface area contributed by atoms with Crippen molar-refractivity contribution in [1.29, 1.82) is 0 Å². The molecule has 1 aromatic carbocycles. The van der Waals surface area contributed by atoms with E-state index in [0.29, 0.717) is 0 Å². The van der Waals surface area contributed by atoms with Gasteiger partial charge in [0, 0.05) is 23.4 Å². The van der Waals surface area contributed by atoms with Crippen LogP contribution >= 0.6 is 11.3 Å². The third kappa shape index (κ3) is 2.93. The van der Waals surface area contributed by atoms with Crippen molar-refractivity contribution in [2.75, 3.05) is 13.6 Å². The summed E-state index contributed by atoms with van der Waals surface area (Å²) in [4.78, 5) is 6.16. The summed E-state index contributed by atoms with van der Waals surface area (Å²) in [5.74, 6) is 0. The van der Waals surface area contributed by atoms with Crippen LogP contribution in [-0.4, -0.2) is 18.6 Å². The van der Waals surface area contributed by atoms with E-state index >= 15 is 0 Å². The third-order valence-electron chi connectivity index (χ3n) is 2.70. The van der Waals surface area contributed by atoms with Crippen LogP contribution < -0.4 is 5.32 Å². The highest BCUT2D eigenvalue weighted by Gasteiger charge is 2.10. The van der Waals surface area contributed by atoms with Crippen LogP contribution in [0.3, 0.4) is 0 Å². The lowest BCUT2D eigenvalue weighted by Crippen LogP contribution is -2.09. The Kier molecular flexibility index (Phi) is 4.29. The van der Waals surface area contributed by atoms with Crippen molar-refractivity contribution in [3.05, 3.63) is 40.2 Å². The fourth-order valence-electron chi connectivity index (χ4n) is 1.80. The highest BCUT2D eigenvalue weighted by Crippen LogP contribution is 2.28. The van der Waals surface area contributed by atoms with E-state index in [1.54, 1.807) is 0 Å². The Bertz CT molecular complexity index is 462. The maximum Gasteiger partial charge on any atom is 0.0948 e. The maximum absolute atomic E-state index is 4.77. The largest absolute Gasteiger partial charge is 0.319 e. The molecule has 0 aliphatic heterocycles. The summed E-state index contributed by atoms with van der Waals surface area (Å²) in [7, 11) is 1.98. The van der Waals surface area contributed by atoms with E-state index in [-0.39, 0.29) is 0 Å². The van der Waals surface area contributed by atoms with E-state index in [2.05, 4.69) is 36.5 Å². The van der Waals surface area contributed by atoms with Gasteiger partial charge in [0.1, 0.15) is 0 Å². The summed E-state index contributed by atoms with van der Waals surface area (Å²) in [6.07, 6.45) is 2.07. The van der Waals surface area contributed by atoms with Gasteiger partial charge in [-0.25, -0.2) is 4.98 Å². The monoisotopic (exact) mass is 246 g/mol. The standard InChI is InChI=1S/C14H18N2S/c1-3-12-14(11-7-5-4-6-8-11)16-13(17-12)9-10-15-2/h4-8,15H,3,9-10H2,1-2H3. The van der Waals surface area contributed by atoms with Crippen molar-refractivity contribution in [2.24, 2.45) is 0 Å². The number of hydrogen-bond donors (Lipinski definition) is 1. The topological polar surface area (TPSA) is 24.9 Å². The summed E-state index contributed by atoms with van der Waals surface area (Å²) in [6.45, 7) is 3.19. The number of likely N-dealkylation sites (N-methyl/N-ethyl adjacent to an activating group) is 1. The van der Waals surface area contributed by atoms with E-state index in [9.17, 15) is 0 Å². The molecule has 90 valence electrons. The Morgan fingerprint density at radius 1 is 1.24 bits per heavy atom. The van der Waals surface area contributed by atoms with Gasteiger partial charge in [0.05, 0.1) is 10.7 Å². The number of nitrogens with one attached hydrogen (secondary N) is 1. The highest BCUT2D eigenvalue weighted by molar-refractivity contribution is 7.12. The number of benzene rings is 1. The average molecular weight is 246 g/mol. The SMILES string of the molecule is CCc1sc(CCNC)nc1-c1ccccc1. The van der Waals surface area contributed by atoms with E-state index in [0.717, 1.165) is 19.4 Å². The zero-order valence-electron chi connectivity index (χ0n) is 10.4. The van der Waals surface area contributed by atoms with Crippen LogP contribution in [0.5, 0.6) is 0 Å². The van der Waals surface area contributed by atoms with Crippen molar-refractivity contribution in [1.82, 2.24) is 10.3 Å². The first-order valence-electron chi connectivity index (χ1n) is 6.03. The molecule has 1 aromatic heterocycles. The summed E-state index contributed by atoms with van der Waals surface area (Å²) in [5, 5.41) is 4.40. The molecule has 0 atom stereocenters. The molecule has 0 saturated heterocycles. The van der Waals surface area contributed by atoms with Crippen LogP contribution in [0, 0.1) is 0 Å². The van der Waals surface area contributed by atoms with Crippen molar-refractivity contribution >= 4 is 11.3 Å². The zero-order valence-corrected chi connectivity index (χ0v) is 11.2. The van der Waals surface area contributed by atoms with E-state index < -0.39 is 0 Å².